The minimum Gasteiger partial charge on any atom is -0.744 e. The van der Waals surface area contributed by atoms with Crippen molar-refractivity contribution in [3.63, 3.8) is 0 Å². The van der Waals surface area contributed by atoms with Gasteiger partial charge in [0, 0.05) is 0 Å². The first-order valence-corrected chi connectivity index (χ1v) is 18.6. The van der Waals surface area contributed by atoms with Gasteiger partial charge in [-0.25, -0.2) is 26.4 Å². The van der Waals surface area contributed by atoms with E-state index in [9.17, 15) is 35.5 Å². The summed E-state index contributed by atoms with van der Waals surface area (Å²) >= 11 is 0. The van der Waals surface area contributed by atoms with Crippen LogP contribution in [-0.4, -0.2) is 56.6 Å². The van der Waals surface area contributed by atoms with Crippen molar-refractivity contribution in [3.05, 3.63) is 48.5 Å². The van der Waals surface area contributed by atoms with E-state index in [1.54, 1.807) is 0 Å². The molecule has 2 aromatic rings. The Morgan fingerprint density at radius 3 is 1.49 bits per heavy atom. The SMILES string of the molecule is CCCCCCCCCCC(CCOC(=O)Oc1ccc(S(=O)(=O)[O-])cc1)C(C)(P)CCOC(=O)Oc1ccc(S(=O)(=O)[O-])cc1.Cl.[Na+].[Na+]. The molecule has 0 N–H and O–H groups in total. The molecule has 0 spiro atoms. The van der Waals surface area contributed by atoms with E-state index in [1.165, 1.54) is 56.4 Å². The predicted molar refractivity (Wildman–Crippen MR) is 178 cm³/mol. The van der Waals surface area contributed by atoms with E-state index in [-0.39, 0.29) is 102 Å². The molecule has 266 valence electrons. The molecule has 0 aromatic heterocycles. The fraction of sp³-hybridized carbons (Fsp3) is 0.548. The molecule has 0 fully saturated rings. The third kappa shape index (κ3) is 21.0. The normalized spacial score (nSPS) is 12.9. The summed E-state index contributed by atoms with van der Waals surface area (Å²) in [6, 6.07) is 8.90. The maximum atomic E-state index is 12.3. The Morgan fingerprint density at radius 1 is 0.694 bits per heavy atom. The van der Waals surface area contributed by atoms with Crippen molar-refractivity contribution in [1.29, 1.82) is 0 Å². The molecule has 0 bridgehead atoms. The second-order valence-electron chi connectivity index (χ2n) is 11.3. The predicted octanol–water partition coefficient (Wildman–Crippen LogP) is 1.22. The van der Waals surface area contributed by atoms with Crippen molar-refractivity contribution in [1.82, 2.24) is 0 Å². The molecule has 0 saturated heterocycles. The summed E-state index contributed by atoms with van der Waals surface area (Å²) in [7, 11) is -6.42. The Hall–Kier alpha value is -0.480. The average molecular weight is 785 g/mol. The van der Waals surface area contributed by atoms with Gasteiger partial charge in [-0.1, -0.05) is 65.2 Å². The monoisotopic (exact) mass is 784 g/mol. The Balaban J connectivity index is 0. The van der Waals surface area contributed by atoms with Gasteiger partial charge in [0.1, 0.15) is 31.7 Å². The van der Waals surface area contributed by atoms with Crippen LogP contribution in [0.25, 0.3) is 0 Å². The van der Waals surface area contributed by atoms with Crippen molar-refractivity contribution in [2.24, 2.45) is 5.92 Å². The van der Waals surface area contributed by atoms with E-state index in [0.717, 1.165) is 49.9 Å². The van der Waals surface area contributed by atoms with Gasteiger partial charge < -0.3 is 28.1 Å². The zero-order valence-electron chi connectivity index (χ0n) is 28.6. The summed E-state index contributed by atoms with van der Waals surface area (Å²) in [6.45, 7) is 4.27. The summed E-state index contributed by atoms with van der Waals surface area (Å²) in [6.07, 6.45) is 9.11. The number of ether oxygens (including phenoxy) is 4. The van der Waals surface area contributed by atoms with Crippen LogP contribution >= 0.6 is 21.6 Å². The minimum absolute atomic E-state index is 0. The fourth-order valence-electron chi connectivity index (χ4n) is 4.77. The maximum absolute atomic E-state index is 12.3. The van der Waals surface area contributed by atoms with Crippen molar-refractivity contribution in [3.8, 4) is 11.5 Å². The molecule has 0 saturated carbocycles. The molecule has 3 unspecified atom stereocenters. The zero-order chi connectivity index (χ0) is 34.2. The first-order chi connectivity index (χ1) is 21.6. The van der Waals surface area contributed by atoms with Crippen molar-refractivity contribution in [2.75, 3.05) is 13.2 Å². The van der Waals surface area contributed by atoms with Crippen LogP contribution in [0.4, 0.5) is 9.59 Å². The number of hydrogen-bond acceptors (Lipinski definition) is 12. The van der Waals surface area contributed by atoms with E-state index in [2.05, 4.69) is 16.2 Å². The van der Waals surface area contributed by atoms with Crippen molar-refractivity contribution in [2.45, 2.75) is 99.4 Å². The van der Waals surface area contributed by atoms with Gasteiger partial charge >= 0.3 is 71.4 Å². The number of carbonyl (C=O) groups excluding carboxylic acids is 2. The molecule has 2 aromatic carbocycles. The van der Waals surface area contributed by atoms with Crippen LogP contribution in [0.5, 0.6) is 11.5 Å². The summed E-state index contributed by atoms with van der Waals surface area (Å²) in [4.78, 5) is 23.6. The van der Waals surface area contributed by atoms with E-state index in [0.29, 0.717) is 12.8 Å². The fourth-order valence-corrected chi connectivity index (χ4v) is 6.16. The second-order valence-corrected chi connectivity index (χ2v) is 15.3. The van der Waals surface area contributed by atoms with Gasteiger partial charge in [0.25, 0.3) is 0 Å². The van der Waals surface area contributed by atoms with Crippen LogP contribution in [0.2, 0.25) is 0 Å². The molecule has 12 nitrogen and oxygen atoms in total. The third-order valence-electron chi connectivity index (χ3n) is 7.51. The number of hydrogen-bond donors (Lipinski definition) is 0. The Kier molecular flexibility index (Phi) is 26.3. The Labute approximate surface area is 343 Å². The standard InChI is InChI=1S/C31H45O12PS2.ClH.2Na/c1-3-4-5-6-7-8-9-10-11-24(20-22-40-29(32)42-25-12-16-27(17-13-25)45(34,35)36)31(2,44)21-23-41-30(33)43-26-14-18-28(19-15-26)46(37,38)39;;;/h12-19,24H,3-11,20-23,44H2,1-2H3,(H,34,35,36)(H,37,38,39);1H;;/q;;2*+1/p-2. The van der Waals surface area contributed by atoms with Gasteiger partial charge in [-0.3, -0.25) is 0 Å². The number of halogens is 1. The largest absolute Gasteiger partial charge is 1.00 e. The zero-order valence-corrected chi connectivity index (χ0v) is 36.2. The molecule has 0 aliphatic heterocycles. The van der Waals surface area contributed by atoms with E-state index in [4.69, 9.17) is 18.9 Å². The Morgan fingerprint density at radius 2 is 1.08 bits per heavy atom. The summed E-state index contributed by atoms with van der Waals surface area (Å²) < 4.78 is 87.1. The van der Waals surface area contributed by atoms with Crippen molar-refractivity contribution >= 4 is 54.2 Å². The van der Waals surface area contributed by atoms with Crippen molar-refractivity contribution < 1.29 is 114 Å². The third-order valence-corrected chi connectivity index (χ3v) is 9.97. The molecule has 0 heterocycles. The summed E-state index contributed by atoms with van der Waals surface area (Å²) in [5.41, 5.74) is 0. The molecule has 2 rings (SSSR count). The summed E-state index contributed by atoms with van der Waals surface area (Å²) in [5.74, 6) is 0.112. The smallest absolute Gasteiger partial charge is 0.744 e. The minimum atomic E-state index is -4.62. The van der Waals surface area contributed by atoms with Gasteiger partial charge in [0.15, 0.2) is 0 Å². The Bertz CT molecular complexity index is 1460. The average Bonchev–Trinajstić information content (AvgIpc) is 2.97. The molecular formula is C31H44ClNa2O12PS2. The van der Waals surface area contributed by atoms with Crippen LogP contribution < -0.4 is 68.6 Å². The van der Waals surface area contributed by atoms with E-state index < -0.39 is 47.5 Å². The van der Waals surface area contributed by atoms with Crippen LogP contribution in [0, 0.1) is 5.92 Å². The van der Waals surface area contributed by atoms with Crippen LogP contribution in [-0.2, 0) is 29.7 Å². The molecule has 3 atom stereocenters. The first kappa shape index (κ1) is 50.6. The number of benzene rings is 2. The van der Waals surface area contributed by atoms with Crippen LogP contribution in [0.3, 0.4) is 0 Å². The molecule has 49 heavy (non-hydrogen) atoms. The second kappa shape index (κ2) is 25.5. The van der Waals surface area contributed by atoms with Crippen LogP contribution in [0.15, 0.2) is 58.3 Å². The van der Waals surface area contributed by atoms with Gasteiger partial charge in [-0.2, -0.15) is 0 Å². The molecule has 0 aliphatic carbocycles. The molecule has 0 amide bonds. The molecule has 18 heteroatoms. The maximum Gasteiger partial charge on any atom is 1.00 e. The number of carbonyl (C=O) groups is 2. The molecule has 0 aliphatic rings. The van der Waals surface area contributed by atoms with Crippen LogP contribution in [0.1, 0.15) is 84.5 Å². The van der Waals surface area contributed by atoms with Gasteiger partial charge in [-0.15, -0.1) is 21.6 Å². The summed E-state index contributed by atoms with van der Waals surface area (Å²) in [5, 5.41) is -0.404. The first-order valence-electron chi connectivity index (χ1n) is 15.2. The van der Waals surface area contributed by atoms with E-state index in [1.807, 2.05) is 6.92 Å². The topological polar surface area (TPSA) is 185 Å². The van der Waals surface area contributed by atoms with Gasteiger partial charge in [0.05, 0.1) is 23.0 Å². The van der Waals surface area contributed by atoms with E-state index >= 15 is 0 Å². The van der Waals surface area contributed by atoms with Gasteiger partial charge in [0.2, 0.25) is 0 Å². The molecule has 0 radical (unpaired) electrons. The molecular weight excluding hydrogens is 741 g/mol. The number of rotatable bonds is 20. The van der Waals surface area contributed by atoms with Gasteiger partial charge in [-0.05, 0) is 78.9 Å². The number of unbranched alkanes of at least 4 members (excludes halogenated alkanes) is 7. The quantitative estimate of drug-likeness (QED) is 0.0468.